The van der Waals surface area contributed by atoms with Gasteiger partial charge in [-0.25, -0.2) is 4.79 Å². The molecule has 0 aliphatic carbocycles. The Morgan fingerprint density at radius 1 is 1.03 bits per heavy atom. The Morgan fingerprint density at radius 3 is 2.28 bits per heavy atom. The second-order valence-corrected chi connectivity index (χ2v) is 7.26. The molecule has 2 aromatic rings. The predicted octanol–water partition coefficient (Wildman–Crippen LogP) is 4.19. The number of carbonyl (C=O) groups excluding carboxylic acids is 2. The molecule has 0 saturated carbocycles. The van der Waals surface area contributed by atoms with Crippen molar-refractivity contribution in [2.75, 3.05) is 39.3 Å². The lowest BCUT2D eigenvalue weighted by Gasteiger charge is -2.37. The van der Waals surface area contributed by atoms with Crippen LogP contribution in [0.1, 0.15) is 37.4 Å². The molecule has 0 bridgehead atoms. The Labute approximate surface area is 188 Å². The SMILES string of the molecule is CCOc1cc2c(cc1OCC)[C@@H](CC(=O)OC)N(C(=O)Nc1ccc(OC)cc1)CC2. The van der Waals surface area contributed by atoms with E-state index in [1.165, 1.54) is 7.11 Å². The van der Waals surface area contributed by atoms with E-state index in [1.807, 2.05) is 26.0 Å². The zero-order valence-corrected chi connectivity index (χ0v) is 19.0. The third-order valence-electron chi connectivity index (χ3n) is 5.35. The predicted molar refractivity (Wildman–Crippen MR) is 121 cm³/mol. The summed E-state index contributed by atoms with van der Waals surface area (Å²) in [6.07, 6.45) is 0.675. The molecule has 0 spiro atoms. The van der Waals surface area contributed by atoms with Gasteiger partial charge >= 0.3 is 12.0 Å². The Hall–Kier alpha value is -3.42. The fourth-order valence-corrected chi connectivity index (χ4v) is 3.82. The minimum atomic E-state index is -0.487. The van der Waals surface area contributed by atoms with Gasteiger partial charge in [-0.1, -0.05) is 0 Å². The second kappa shape index (κ2) is 10.7. The molecule has 0 fully saturated rings. The van der Waals surface area contributed by atoms with Crippen molar-refractivity contribution in [2.45, 2.75) is 32.7 Å². The van der Waals surface area contributed by atoms with Crippen LogP contribution in [0.25, 0.3) is 0 Å². The average Bonchev–Trinajstić information content (AvgIpc) is 2.80. The van der Waals surface area contributed by atoms with E-state index in [-0.39, 0.29) is 12.5 Å². The molecule has 172 valence electrons. The van der Waals surface area contributed by atoms with Gasteiger partial charge in [0.2, 0.25) is 0 Å². The van der Waals surface area contributed by atoms with Crippen molar-refractivity contribution >= 4 is 17.7 Å². The van der Waals surface area contributed by atoms with Crippen LogP contribution in [0.15, 0.2) is 36.4 Å². The maximum Gasteiger partial charge on any atom is 0.322 e. The van der Waals surface area contributed by atoms with Crippen LogP contribution in [0, 0.1) is 0 Å². The van der Waals surface area contributed by atoms with E-state index in [1.54, 1.807) is 36.3 Å². The average molecular weight is 443 g/mol. The Morgan fingerprint density at radius 2 is 1.69 bits per heavy atom. The highest BCUT2D eigenvalue weighted by Gasteiger charge is 2.34. The van der Waals surface area contributed by atoms with Crippen LogP contribution in [0.4, 0.5) is 10.5 Å². The number of rotatable bonds is 8. The molecule has 1 atom stereocenters. The van der Waals surface area contributed by atoms with Crippen molar-refractivity contribution in [1.82, 2.24) is 4.90 Å². The number of nitrogens with zero attached hydrogens (tertiary/aromatic N) is 1. The molecular weight excluding hydrogens is 412 g/mol. The molecule has 1 heterocycles. The van der Waals surface area contributed by atoms with Gasteiger partial charge in [-0.15, -0.1) is 0 Å². The monoisotopic (exact) mass is 442 g/mol. The highest BCUT2D eigenvalue weighted by Crippen LogP contribution is 2.40. The number of benzene rings is 2. The van der Waals surface area contributed by atoms with Crippen LogP contribution in [-0.4, -0.2) is 50.9 Å². The van der Waals surface area contributed by atoms with Crippen molar-refractivity contribution in [3.05, 3.63) is 47.5 Å². The van der Waals surface area contributed by atoms with Crippen molar-refractivity contribution in [1.29, 1.82) is 0 Å². The number of methoxy groups -OCH3 is 2. The molecule has 8 nitrogen and oxygen atoms in total. The van der Waals surface area contributed by atoms with Crippen molar-refractivity contribution in [3.8, 4) is 17.2 Å². The largest absolute Gasteiger partial charge is 0.497 e. The zero-order chi connectivity index (χ0) is 23.1. The lowest BCUT2D eigenvalue weighted by Crippen LogP contribution is -2.43. The highest BCUT2D eigenvalue weighted by molar-refractivity contribution is 5.90. The third-order valence-corrected chi connectivity index (χ3v) is 5.35. The quantitative estimate of drug-likeness (QED) is 0.617. The number of nitrogens with one attached hydrogen (secondary N) is 1. The van der Waals surface area contributed by atoms with Gasteiger partial charge in [0.1, 0.15) is 5.75 Å². The Balaban J connectivity index is 1.92. The third kappa shape index (κ3) is 5.25. The summed E-state index contributed by atoms with van der Waals surface area (Å²) < 4.78 is 21.6. The summed E-state index contributed by atoms with van der Waals surface area (Å²) in [5, 5.41) is 2.91. The van der Waals surface area contributed by atoms with E-state index in [2.05, 4.69) is 5.32 Å². The number of hydrogen-bond donors (Lipinski definition) is 1. The Bertz CT molecular complexity index is 944. The summed E-state index contributed by atoms with van der Waals surface area (Å²) in [7, 11) is 2.93. The fourth-order valence-electron chi connectivity index (χ4n) is 3.82. The molecule has 2 amide bonds. The summed E-state index contributed by atoms with van der Waals surface area (Å²) in [4.78, 5) is 27.1. The standard InChI is InChI=1S/C24H30N2O6/c1-5-31-21-13-16-11-12-26(24(28)25-17-7-9-18(29-3)10-8-17)20(15-23(27)30-4)19(16)14-22(21)32-6-2/h7-10,13-14,20H,5-6,11-12,15H2,1-4H3,(H,25,28)/t20-/m1/s1. The van der Waals surface area contributed by atoms with Crippen LogP contribution in [-0.2, 0) is 16.0 Å². The molecule has 0 aromatic heterocycles. The summed E-state index contributed by atoms with van der Waals surface area (Å²) in [5.74, 6) is 1.57. The number of amides is 2. The number of fused-ring (bicyclic) bond motifs is 1. The van der Waals surface area contributed by atoms with Gasteiger partial charge in [-0.3, -0.25) is 4.79 Å². The first-order valence-electron chi connectivity index (χ1n) is 10.7. The van der Waals surface area contributed by atoms with Gasteiger partial charge in [0.05, 0.1) is 39.9 Å². The molecule has 1 aliphatic heterocycles. The molecule has 0 radical (unpaired) electrons. The maximum atomic E-state index is 13.2. The van der Waals surface area contributed by atoms with Crippen LogP contribution in [0.2, 0.25) is 0 Å². The van der Waals surface area contributed by atoms with Gasteiger partial charge in [0.25, 0.3) is 0 Å². The van der Waals surface area contributed by atoms with Crippen LogP contribution >= 0.6 is 0 Å². The van der Waals surface area contributed by atoms with Gasteiger partial charge in [-0.2, -0.15) is 0 Å². The highest BCUT2D eigenvalue weighted by atomic mass is 16.5. The van der Waals surface area contributed by atoms with Gasteiger partial charge < -0.3 is 29.2 Å². The number of hydrogen-bond acceptors (Lipinski definition) is 6. The molecule has 3 rings (SSSR count). The molecule has 1 N–H and O–H groups in total. The normalized spacial score (nSPS) is 14.9. The zero-order valence-electron chi connectivity index (χ0n) is 19.0. The van der Waals surface area contributed by atoms with Gasteiger partial charge in [-0.05, 0) is 67.8 Å². The molecule has 0 unspecified atom stereocenters. The van der Waals surface area contributed by atoms with E-state index in [0.717, 1.165) is 11.1 Å². The van der Waals surface area contributed by atoms with Crippen LogP contribution in [0.5, 0.6) is 17.2 Å². The van der Waals surface area contributed by atoms with E-state index >= 15 is 0 Å². The maximum absolute atomic E-state index is 13.2. The minimum absolute atomic E-state index is 0.0408. The molecule has 2 aromatic carbocycles. The van der Waals surface area contributed by atoms with E-state index in [4.69, 9.17) is 18.9 Å². The Kier molecular flexibility index (Phi) is 7.81. The number of urea groups is 1. The lowest BCUT2D eigenvalue weighted by molar-refractivity contribution is -0.141. The minimum Gasteiger partial charge on any atom is -0.497 e. The van der Waals surface area contributed by atoms with Gasteiger partial charge in [0.15, 0.2) is 11.5 Å². The molecule has 32 heavy (non-hydrogen) atoms. The van der Waals surface area contributed by atoms with Gasteiger partial charge in [0, 0.05) is 12.2 Å². The number of ether oxygens (including phenoxy) is 4. The summed E-state index contributed by atoms with van der Waals surface area (Å²) in [5.41, 5.74) is 2.53. The van der Waals surface area contributed by atoms with E-state index in [0.29, 0.717) is 49.1 Å². The van der Waals surface area contributed by atoms with Crippen molar-refractivity contribution in [3.63, 3.8) is 0 Å². The van der Waals surface area contributed by atoms with Crippen LogP contribution < -0.4 is 19.5 Å². The molecule has 1 aliphatic rings. The molecular formula is C24H30N2O6. The summed E-state index contributed by atoms with van der Waals surface area (Å²) >= 11 is 0. The first-order chi connectivity index (χ1) is 15.5. The summed E-state index contributed by atoms with van der Waals surface area (Å²) in [6.45, 7) is 5.26. The smallest absolute Gasteiger partial charge is 0.322 e. The lowest BCUT2D eigenvalue weighted by atomic mass is 9.90. The number of anilines is 1. The molecule has 0 saturated heterocycles. The molecule has 8 heteroatoms. The second-order valence-electron chi connectivity index (χ2n) is 7.26. The number of carbonyl (C=O) groups is 2. The first-order valence-corrected chi connectivity index (χ1v) is 10.7. The van der Waals surface area contributed by atoms with E-state index in [9.17, 15) is 9.59 Å². The van der Waals surface area contributed by atoms with Crippen LogP contribution in [0.3, 0.4) is 0 Å². The van der Waals surface area contributed by atoms with E-state index < -0.39 is 12.0 Å². The summed E-state index contributed by atoms with van der Waals surface area (Å²) in [6, 6.07) is 10.1. The fraction of sp³-hybridized carbons (Fsp3) is 0.417. The van der Waals surface area contributed by atoms with Crippen molar-refractivity contribution in [2.24, 2.45) is 0 Å². The van der Waals surface area contributed by atoms with Crippen molar-refractivity contribution < 1.29 is 28.5 Å². The number of esters is 1. The first kappa shape index (κ1) is 23.2. The topological polar surface area (TPSA) is 86.3 Å².